The zero-order valence-electron chi connectivity index (χ0n) is 18.6. The first-order valence-corrected chi connectivity index (χ1v) is 13.5. The van der Waals surface area contributed by atoms with Gasteiger partial charge >= 0.3 is 15.6 Å². The second kappa shape index (κ2) is 8.50. The minimum atomic E-state index is -5.15. The first kappa shape index (κ1) is 25.3. The average Bonchev–Trinajstić information content (AvgIpc) is 2.49. The van der Waals surface area contributed by atoms with E-state index in [0.717, 1.165) is 38.5 Å². The summed E-state index contributed by atoms with van der Waals surface area (Å²) >= 11 is 0. The van der Waals surface area contributed by atoms with Gasteiger partial charge in [0.25, 0.3) is 0 Å². The van der Waals surface area contributed by atoms with Crippen molar-refractivity contribution in [2.45, 2.75) is 92.1 Å². The molecule has 0 radical (unpaired) electrons. The Morgan fingerprint density at radius 2 is 1.72 bits per heavy atom. The monoisotopic (exact) mass is 452 g/mol. The highest BCUT2D eigenvalue weighted by atomic mass is 31.3. The Morgan fingerprint density at radius 3 is 2.28 bits per heavy atom. The number of allylic oxidation sites excluding steroid dienone is 2. The lowest BCUT2D eigenvalue weighted by Gasteiger charge is -2.62. The molecule has 7 nitrogen and oxygen atoms in total. The van der Waals surface area contributed by atoms with Gasteiger partial charge in [-0.1, -0.05) is 38.8 Å². The number of hydrogen-bond acceptors (Lipinski definition) is 4. The largest absolute Gasteiger partial charge is 0.481 e. The fraction of sp³-hybridized carbons (Fsp3) is 0.900. The topological polar surface area (TPSA) is 113 Å². The Balaban J connectivity index is 2.42. The molecule has 2 rings (SSSR count). The van der Waals surface area contributed by atoms with E-state index in [0.29, 0.717) is 12.3 Å². The van der Waals surface area contributed by atoms with Crippen LogP contribution in [0.15, 0.2) is 11.6 Å². The van der Waals surface area contributed by atoms with Crippen molar-refractivity contribution >= 4 is 15.6 Å². The van der Waals surface area contributed by atoms with Crippen LogP contribution in [0.4, 0.5) is 0 Å². The van der Waals surface area contributed by atoms with Gasteiger partial charge in [-0.15, -0.1) is 0 Å². The highest BCUT2D eigenvalue weighted by molar-refractivity contribution is 7.60. The number of phosphoric ester groups is 1. The molecule has 2 aliphatic carbocycles. The molecule has 0 aromatic rings. The van der Waals surface area contributed by atoms with Crippen LogP contribution in [0.25, 0.3) is 0 Å². The summed E-state index contributed by atoms with van der Waals surface area (Å²) in [5.74, 6) is 0.418. The minimum Gasteiger partial charge on any atom is -0.302 e. The predicted octanol–water partition coefficient (Wildman–Crippen LogP) is 5.96. The summed E-state index contributed by atoms with van der Waals surface area (Å²) in [6, 6.07) is 0. The Labute approximate surface area is 175 Å². The highest BCUT2D eigenvalue weighted by Crippen LogP contribution is 2.67. The van der Waals surface area contributed by atoms with Crippen LogP contribution in [-0.2, 0) is 18.0 Å². The fourth-order valence-corrected chi connectivity index (χ4v) is 8.24. The van der Waals surface area contributed by atoms with Crippen molar-refractivity contribution in [2.75, 3.05) is 0 Å². The Bertz CT molecular complexity index is 728. The predicted molar refractivity (Wildman–Crippen MR) is 113 cm³/mol. The fourth-order valence-electron chi connectivity index (χ4n) is 6.28. The maximum absolute atomic E-state index is 12.4. The van der Waals surface area contributed by atoms with E-state index in [-0.39, 0.29) is 16.7 Å². The summed E-state index contributed by atoms with van der Waals surface area (Å²) in [5, 5.41) is 0. The van der Waals surface area contributed by atoms with Gasteiger partial charge in [0, 0.05) is 0 Å². The molecule has 2 saturated carbocycles. The van der Waals surface area contributed by atoms with Gasteiger partial charge in [0.05, 0.1) is 5.60 Å². The average molecular weight is 452 g/mol. The summed E-state index contributed by atoms with van der Waals surface area (Å²) in [6.45, 7) is 12.7. The van der Waals surface area contributed by atoms with E-state index in [1.54, 1.807) is 6.92 Å². The van der Waals surface area contributed by atoms with Crippen molar-refractivity contribution in [3.8, 4) is 0 Å². The second-order valence-electron chi connectivity index (χ2n) is 10.1. The van der Waals surface area contributed by atoms with Crippen LogP contribution in [0.3, 0.4) is 0 Å². The highest BCUT2D eigenvalue weighted by Gasteiger charge is 2.60. The third-order valence-electron chi connectivity index (χ3n) is 7.59. The third-order valence-corrected chi connectivity index (χ3v) is 9.92. The van der Waals surface area contributed by atoms with Gasteiger partial charge in [0.2, 0.25) is 0 Å². The number of fused-ring (bicyclic) bond motifs is 1. The SMILES string of the molecule is CC=C(C)CC[C@@H]1[C@@]2(C)CCCC(C)(C)[C@@H]2CC[C@@]1(C)OP(=O)(O)OP(=O)(O)O. The molecule has 1 unspecified atom stereocenters. The van der Waals surface area contributed by atoms with Crippen molar-refractivity contribution in [1.82, 2.24) is 0 Å². The lowest BCUT2D eigenvalue weighted by molar-refractivity contribution is -0.163. The summed E-state index contributed by atoms with van der Waals surface area (Å²) in [5.41, 5.74) is 0.316. The van der Waals surface area contributed by atoms with Crippen molar-refractivity contribution in [3.63, 3.8) is 0 Å². The lowest BCUT2D eigenvalue weighted by atomic mass is 9.45. The van der Waals surface area contributed by atoms with Gasteiger partial charge in [-0.3, -0.25) is 4.52 Å². The molecule has 0 bridgehead atoms. The molecule has 0 saturated heterocycles. The Hall–Kier alpha value is -0.0000000000000000416. The van der Waals surface area contributed by atoms with Crippen LogP contribution in [-0.4, -0.2) is 20.3 Å². The van der Waals surface area contributed by atoms with Gasteiger partial charge in [0.1, 0.15) is 0 Å². The Kier molecular flexibility index (Phi) is 7.41. The van der Waals surface area contributed by atoms with Crippen molar-refractivity contribution in [3.05, 3.63) is 11.6 Å². The van der Waals surface area contributed by atoms with Crippen LogP contribution < -0.4 is 0 Å². The maximum atomic E-state index is 12.4. The van der Waals surface area contributed by atoms with Crippen molar-refractivity contribution in [2.24, 2.45) is 22.7 Å². The molecule has 0 amide bonds. The molecule has 0 heterocycles. The zero-order chi connectivity index (χ0) is 22.3. The third kappa shape index (κ3) is 5.83. The van der Waals surface area contributed by atoms with E-state index in [1.165, 1.54) is 5.57 Å². The van der Waals surface area contributed by atoms with E-state index in [2.05, 4.69) is 38.1 Å². The first-order chi connectivity index (χ1) is 13.0. The minimum absolute atomic E-state index is 0.0379. The molecule has 9 heteroatoms. The number of rotatable bonds is 7. The molecule has 0 aromatic carbocycles. The Morgan fingerprint density at radius 1 is 1.10 bits per heavy atom. The molecule has 2 aliphatic rings. The molecule has 3 N–H and O–H groups in total. The molecule has 0 spiro atoms. The van der Waals surface area contributed by atoms with Gasteiger partial charge < -0.3 is 14.7 Å². The molecule has 0 aromatic heterocycles. The normalized spacial score (nSPS) is 37.6. The zero-order valence-corrected chi connectivity index (χ0v) is 20.3. The van der Waals surface area contributed by atoms with Crippen LogP contribution in [0.5, 0.6) is 0 Å². The smallest absolute Gasteiger partial charge is 0.302 e. The molecule has 170 valence electrons. The van der Waals surface area contributed by atoms with Crippen LogP contribution >= 0.6 is 15.6 Å². The van der Waals surface area contributed by atoms with Crippen LogP contribution in [0, 0.1) is 22.7 Å². The molecular weight excluding hydrogens is 414 g/mol. The van der Waals surface area contributed by atoms with Crippen LogP contribution in [0.2, 0.25) is 0 Å². The molecule has 2 fully saturated rings. The summed E-state index contributed by atoms with van der Waals surface area (Å²) in [7, 11) is -10.1. The molecule has 29 heavy (non-hydrogen) atoms. The lowest BCUT2D eigenvalue weighted by Crippen LogP contribution is -2.58. The quantitative estimate of drug-likeness (QED) is 0.323. The number of phosphoric acid groups is 2. The van der Waals surface area contributed by atoms with Crippen molar-refractivity contribution in [1.29, 1.82) is 0 Å². The summed E-state index contributed by atoms with van der Waals surface area (Å²) in [4.78, 5) is 28.1. The molecular formula is C20H38O7P2. The van der Waals surface area contributed by atoms with E-state index in [4.69, 9.17) is 14.3 Å². The van der Waals surface area contributed by atoms with Gasteiger partial charge in [0.15, 0.2) is 0 Å². The van der Waals surface area contributed by atoms with Crippen molar-refractivity contribution < 1.29 is 32.6 Å². The molecule has 5 atom stereocenters. The second-order valence-corrected chi connectivity index (χ2v) is 12.9. The van der Waals surface area contributed by atoms with Gasteiger partial charge in [-0.2, -0.15) is 4.31 Å². The number of hydrogen-bond donors (Lipinski definition) is 3. The molecule has 0 aliphatic heterocycles. The standard InChI is InChI=1S/C20H38O7P2/c1-7-15(2)9-10-17-19(5)13-8-12-18(3,4)16(19)11-14-20(17,6)26-29(24,25)27-28(21,22)23/h7,16-17H,8-14H2,1-6H3,(H,24,25)(H2,21,22,23)/t16-,17+,19-,20+/m0/s1. The summed E-state index contributed by atoms with van der Waals surface area (Å²) in [6.07, 6.45) is 8.34. The maximum Gasteiger partial charge on any atom is 0.481 e. The van der Waals surface area contributed by atoms with Crippen LogP contribution in [0.1, 0.15) is 86.5 Å². The summed E-state index contributed by atoms with van der Waals surface area (Å²) < 4.78 is 33.3. The van der Waals surface area contributed by atoms with Gasteiger partial charge in [-0.25, -0.2) is 9.13 Å². The van der Waals surface area contributed by atoms with E-state index in [1.807, 2.05) is 6.92 Å². The van der Waals surface area contributed by atoms with E-state index >= 15 is 0 Å². The van der Waals surface area contributed by atoms with E-state index in [9.17, 15) is 14.0 Å². The van der Waals surface area contributed by atoms with Gasteiger partial charge in [-0.05, 0) is 82.0 Å². The first-order valence-electron chi connectivity index (χ1n) is 10.5. The van der Waals surface area contributed by atoms with E-state index < -0.39 is 21.2 Å².